The number of hydrogen-bond donors (Lipinski definition) is 1. The van der Waals surface area contributed by atoms with Crippen molar-refractivity contribution in [3.05, 3.63) is 54.3 Å². The Bertz CT molecular complexity index is 645. The fraction of sp³-hybridized carbons (Fsp3) is 0.133. The summed E-state index contributed by atoms with van der Waals surface area (Å²) in [6.45, 7) is 1.10. The predicted molar refractivity (Wildman–Crippen MR) is 74.7 cm³/mol. The molecule has 5 heteroatoms. The number of rotatable bonds is 1. The number of nitrogens with zero attached hydrogens (tertiary/aromatic N) is 1. The zero-order chi connectivity index (χ0) is 13.9. The van der Waals surface area contributed by atoms with Crippen molar-refractivity contribution in [3.8, 4) is 5.75 Å². The highest BCUT2D eigenvalue weighted by Gasteiger charge is 2.24. The van der Waals surface area contributed by atoms with Crippen LogP contribution in [0.3, 0.4) is 0 Å². The second-order valence-electron chi connectivity index (χ2n) is 4.39. The normalized spacial score (nSPS) is 13.3. The van der Waals surface area contributed by atoms with Gasteiger partial charge < -0.3 is 10.1 Å². The Morgan fingerprint density at radius 1 is 1.15 bits per heavy atom. The van der Waals surface area contributed by atoms with E-state index in [-0.39, 0.29) is 5.75 Å². The minimum atomic E-state index is -0.580. The minimum Gasteiger partial charge on any atom is -0.407 e. The van der Waals surface area contributed by atoms with Gasteiger partial charge >= 0.3 is 6.09 Å². The number of halogens is 1. The molecule has 0 fully saturated rings. The average Bonchev–Trinajstić information content (AvgIpc) is 2.49. The van der Waals surface area contributed by atoms with E-state index in [0.717, 1.165) is 11.4 Å². The van der Waals surface area contributed by atoms with Crippen LogP contribution in [0, 0.1) is 5.82 Å². The van der Waals surface area contributed by atoms with Crippen LogP contribution >= 0.6 is 0 Å². The van der Waals surface area contributed by atoms with Crippen molar-refractivity contribution in [2.24, 2.45) is 0 Å². The third-order valence-electron chi connectivity index (χ3n) is 3.10. The third-order valence-corrected chi connectivity index (χ3v) is 3.10. The summed E-state index contributed by atoms with van der Waals surface area (Å²) in [7, 11) is 0. The molecular weight excluding hydrogens is 259 g/mol. The average molecular weight is 272 g/mol. The van der Waals surface area contributed by atoms with Gasteiger partial charge in [-0.15, -0.1) is 0 Å². The van der Waals surface area contributed by atoms with Crippen molar-refractivity contribution in [2.45, 2.75) is 0 Å². The van der Waals surface area contributed by atoms with Gasteiger partial charge in [-0.1, -0.05) is 24.3 Å². The molecule has 1 heterocycles. The number of carbonyl (C=O) groups is 1. The molecular formula is C15H13FN2O2. The number of ether oxygens (including phenoxy) is 1. The van der Waals surface area contributed by atoms with Gasteiger partial charge in [-0.2, -0.15) is 0 Å². The first-order chi connectivity index (χ1) is 9.75. The van der Waals surface area contributed by atoms with E-state index >= 15 is 0 Å². The van der Waals surface area contributed by atoms with Gasteiger partial charge in [0.1, 0.15) is 0 Å². The van der Waals surface area contributed by atoms with Gasteiger partial charge in [0.05, 0.1) is 11.4 Å². The van der Waals surface area contributed by atoms with Crippen LogP contribution in [-0.2, 0) is 0 Å². The highest BCUT2D eigenvalue weighted by molar-refractivity contribution is 5.94. The van der Waals surface area contributed by atoms with Crippen molar-refractivity contribution in [1.29, 1.82) is 0 Å². The highest BCUT2D eigenvalue weighted by atomic mass is 19.1. The molecule has 1 N–H and O–H groups in total. The smallest absolute Gasteiger partial charge is 0.407 e. The molecule has 1 aliphatic heterocycles. The predicted octanol–water partition coefficient (Wildman–Crippen LogP) is 3.26. The van der Waals surface area contributed by atoms with Crippen LogP contribution in [-0.4, -0.2) is 19.2 Å². The topological polar surface area (TPSA) is 41.6 Å². The summed E-state index contributed by atoms with van der Waals surface area (Å²) in [6, 6.07) is 13.3. The summed E-state index contributed by atoms with van der Waals surface area (Å²) in [4.78, 5) is 13.7. The molecule has 4 nitrogen and oxygen atoms in total. The lowest BCUT2D eigenvalue weighted by Crippen LogP contribution is -2.40. The van der Waals surface area contributed by atoms with Crippen LogP contribution in [0.2, 0.25) is 0 Å². The van der Waals surface area contributed by atoms with E-state index in [1.807, 2.05) is 24.3 Å². The molecule has 0 radical (unpaired) electrons. The van der Waals surface area contributed by atoms with E-state index < -0.39 is 11.9 Å². The number of hydrogen-bond acceptors (Lipinski definition) is 3. The molecule has 3 rings (SSSR count). The molecule has 0 saturated heterocycles. The van der Waals surface area contributed by atoms with E-state index in [2.05, 4.69) is 5.32 Å². The molecule has 0 atom stereocenters. The van der Waals surface area contributed by atoms with Crippen LogP contribution in [0.4, 0.5) is 20.6 Å². The molecule has 0 unspecified atom stereocenters. The lowest BCUT2D eigenvalue weighted by atomic mass is 10.2. The number of amides is 1. The summed E-state index contributed by atoms with van der Waals surface area (Å²) in [6.07, 6.45) is -0.580. The first kappa shape index (κ1) is 12.5. The van der Waals surface area contributed by atoms with Gasteiger partial charge in [0.25, 0.3) is 0 Å². The van der Waals surface area contributed by atoms with Crippen molar-refractivity contribution in [1.82, 2.24) is 0 Å². The van der Waals surface area contributed by atoms with Crippen molar-refractivity contribution < 1.29 is 13.9 Å². The zero-order valence-corrected chi connectivity index (χ0v) is 10.7. The second kappa shape index (κ2) is 5.21. The van der Waals surface area contributed by atoms with Crippen LogP contribution in [0.1, 0.15) is 0 Å². The summed E-state index contributed by atoms with van der Waals surface area (Å²) in [5, 5.41) is 3.20. The number of fused-ring (bicyclic) bond motifs is 1. The fourth-order valence-electron chi connectivity index (χ4n) is 2.15. The Kier molecular flexibility index (Phi) is 3.25. The van der Waals surface area contributed by atoms with E-state index in [0.29, 0.717) is 13.1 Å². The van der Waals surface area contributed by atoms with Gasteiger partial charge in [0.15, 0.2) is 11.6 Å². The molecule has 0 saturated carbocycles. The monoisotopic (exact) mass is 272 g/mol. The number of para-hydroxylation sites is 3. The molecule has 102 valence electrons. The zero-order valence-electron chi connectivity index (χ0n) is 10.7. The lowest BCUT2D eigenvalue weighted by Gasteiger charge is -2.29. The maximum absolute atomic E-state index is 13.5. The highest BCUT2D eigenvalue weighted by Crippen LogP contribution is 2.29. The molecule has 0 bridgehead atoms. The van der Waals surface area contributed by atoms with Gasteiger partial charge in [0.2, 0.25) is 0 Å². The summed E-state index contributed by atoms with van der Waals surface area (Å²) in [5.41, 5.74) is 1.60. The van der Waals surface area contributed by atoms with Crippen LogP contribution in [0.25, 0.3) is 0 Å². The largest absolute Gasteiger partial charge is 0.419 e. The molecule has 0 aromatic heterocycles. The molecule has 2 aromatic rings. The Morgan fingerprint density at radius 3 is 2.75 bits per heavy atom. The quantitative estimate of drug-likeness (QED) is 0.866. The maximum atomic E-state index is 13.5. The molecule has 0 spiro atoms. The Morgan fingerprint density at radius 2 is 1.90 bits per heavy atom. The molecule has 0 aliphatic carbocycles. The fourth-order valence-corrected chi connectivity index (χ4v) is 2.15. The third kappa shape index (κ3) is 2.30. The van der Waals surface area contributed by atoms with Crippen molar-refractivity contribution in [3.63, 3.8) is 0 Å². The summed E-state index contributed by atoms with van der Waals surface area (Å²) in [5.74, 6) is -0.613. The van der Waals surface area contributed by atoms with E-state index in [9.17, 15) is 9.18 Å². The second-order valence-corrected chi connectivity index (χ2v) is 4.39. The van der Waals surface area contributed by atoms with Crippen molar-refractivity contribution >= 4 is 17.5 Å². The van der Waals surface area contributed by atoms with Crippen molar-refractivity contribution in [2.75, 3.05) is 23.3 Å². The van der Waals surface area contributed by atoms with Crippen LogP contribution < -0.4 is 15.0 Å². The number of anilines is 2. The Hall–Kier alpha value is -2.56. The Labute approximate surface area is 115 Å². The summed E-state index contributed by atoms with van der Waals surface area (Å²) >= 11 is 0. The standard InChI is InChI=1S/C15H13FN2O2/c16-11-5-1-4-8-14(11)20-15(19)18-10-9-17-12-6-2-3-7-13(12)18/h1-8,17H,9-10H2. The Balaban J connectivity index is 1.84. The van der Waals surface area contributed by atoms with Gasteiger partial charge in [-0.05, 0) is 24.3 Å². The number of nitrogens with one attached hydrogen (secondary N) is 1. The molecule has 1 amide bonds. The number of carbonyl (C=O) groups excluding carboxylic acids is 1. The molecule has 1 aliphatic rings. The lowest BCUT2D eigenvalue weighted by molar-refractivity contribution is 0.205. The molecule has 2 aromatic carbocycles. The minimum absolute atomic E-state index is 0.0616. The maximum Gasteiger partial charge on any atom is 0.419 e. The first-order valence-corrected chi connectivity index (χ1v) is 6.32. The summed E-state index contributed by atoms with van der Waals surface area (Å²) < 4.78 is 18.6. The van der Waals surface area contributed by atoms with Gasteiger partial charge in [0, 0.05) is 13.1 Å². The van der Waals surface area contributed by atoms with Gasteiger partial charge in [-0.25, -0.2) is 9.18 Å². The van der Waals surface area contributed by atoms with E-state index in [1.54, 1.807) is 12.1 Å². The number of benzene rings is 2. The molecule has 20 heavy (non-hydrogen) atoms. The van der Waals surface area contributed by atoms with Gasteiger partial charge in [-0.3, -0.25) is 4.90 Å². The van der Waals surface area contributed by atoms with Crippen LogP contribution in [0.5, 0.6) is 5.75 Å². The van der Waals surface area contributed by atoms with E-state index in [4.69, 9.17) is 4.74 Å². The van der Waals surface area contributed by atoms with E-state index in [1.165, 1.54) is 17.0 Å². The first-order valence-electron chi connectivity index (χ1n) is 6.32. The SMILES string of the molecule is O=C(Oc1ccccc1F)N1CCNc2ccccc21. The van der Waals surface area contributed by atoms with Crippen LogP contribution in [0.15, 0.2) is 48.5 Å².